The Morgan fingerprint density at radius 2 is 1.75 bits per heavy atom. The summed E-state index contributed by atoms with van der Waals surface area (Å²) in [7, 11) is -4.05. The standard InChI is InChI=1S/C12H15NO6S/c1-8-2-4-9(5-3-8)20(18,19)13-10(12(16)17)6-7-11(14)15/h2-5,10,13H,6-7H2,1H3,(H,14,15)(H,16,17)/p-2/t10-/m1/s1. The van der Waals surface area contributed by atoms with Crippen LogP contribution in [-0.2, 0) is 19.6 Å². The fourth-order valence-corrected chi connectivity index (χ4v) is 2.68. The minimum Gasteiger partial charge on any atom is -0.550 e. The molecule has 0 unspecified atom stereocenters. The van der Waals surface area contributed by atoms with Crippen LogP contribution in [0.15, 0.2) is 29.2 Å². The maximum Gasteiger partial charge on any atom is 0.241 e. The Kier molecular flexibility index (Phi) is 5.23. The second kappa shape index (κ2) is 6.49. The Bertz CT molecular complexity index is 593. The summed E-state index contributed by atoms with van der Waals surface area (Å²) in [5.74, 6) is -3.16. The number of aryl methyl sites for hydroxylation is 1. The minimum absolute atomic E-state index is 0.109. The van der Waals surface area contributed by atoms with E-state index in [1.54, 1.807) is 19.1 Å². The predicted molar refractivity (Wildman–Crippen MR) is 64.5 cm³/mol. The summed E-state index contributed by atoms with van der Waals surface area (Å²) in [6.07, 6.45) is -1.04. The highest BCUT2D eigenvalue weighted by molar-refractivity contribution is 7.89. The molecule has 1 aromatic carbocycles. The van der Waals surface area contributed by atoms with Gasteiger partial charge in [0.25, 0.3) is 0 Å². The van der Waals surface area contributed by atoms with Gasteiger partial charge in [-0.2, -0.15) is 0 Å². The molecule has 8 heteroatoms. The van der Waals surface area contributed by atoms with Crippen molar-refractivity contribution >= 4 is 22.0 Å². The van der Waals surface area contributed by atoms with Crippen LogP contribution in [0, 0.1) is 6.92 Å². The van der Waals surface area contributed by atoms with E-state index in [2.05, 4.69) is 0 Å². The maximum absolute atomic E-state index is 11.9. The molecule has 0 saturated carbocycles. The Morgan fingerprint density at radius 3 is 2.20 bits per heavy atom. The number of hydrogen-bond acceptors (Lipinski definition) is 6. The van der Waals surface area contributed by atoms with E-state index < -0.39 is 40.8 Å². The van der Waals surface area contributed by atoms with Gasteiger partial charge in [-0.05, 0) is 31.9 Å². The van der Waals surface area contributed by atoms with Gasteiger partial charge < -0.3 is 19.8 Å². The highest BCUT2D eigenvalue weighted by atomic mass is 32.2. The SMILES string of the molecule is Cc1ccc(S(=O)(=O)N[C@H](CCC(=O)[O-])C(=O)[O-])cc1. The summed E-state index contributed by atoms with van der Waals surface area (Å²) in [6.45, 7) is 1.77. The van der Waals surface area contributed by atoms with Crippen molar-refractivity contribution in [1.29, 1.82) is 0 Å². The van der Waals surface area contributed by atoms with E-state index >= 15 is 0 Å². The Hall–Kier alpha value is -1.93. The highest BCUT2D eigenvalue weighted by Crippen LogP contribution is 2.11. The molecule has 0 amide bonds. The van der Waals surface area contributed by atoms with Gasteiger partial charge in [-0.15, -0.1) is 0 Å². The molecule has 0 fully saturated rings. The molecule has 0 spiro atoms. The summed E-state index contributed by atoms with van der Waals surface area (Å²) < 4.78 is 25.8. The van der Waals surface area contributed by atoms with Gasteiger partial charge in [-0.25, -0.2) is 13.1 Å². The molecule has 0 radical (unpaired) electrons. The fourth-order valence-electron chi connectivity index (χ4n) is 1.46. The van der Waals surface area contributed by atoms with Crippen LogP contribution in [0.2, 0.25) is 0 Å². The van der Waals surface area contributed by atoms with E-state index in [4.69, 9.17) is 0 Å². The van der Waals surface area contributed by atoms with Crippen molar-refractivity contribution < 1.29 is 28.2 Å². The van der Waals surface area contributed by atoms with Crippen molar-refractivity contribution in [2.24, 2.45) is 0 Å². The lowest BCUT2D eigenvalue weighted by atomic mass is 10.2. The first-order chi connectivity index (χ1) is 9.22. The zero-order chi connectivity index (χ0) is 15.3. The molecule has 1 N–H and O–H groups in total. The highest BCUT2D eigenvalue weighted by Gasteiger charge is 2.20. The van der Waals surface area contributed by atoms with Crippen LogP contribution in [0.3, 0.4) is 0 Å². The Balaban J connectivity index is 2.88. The fraction of sp³-hybridized carbons (Fsp3) is 0.333. The molecule has 110 valence electrons. The quantitative estimate of drug-likeness (QED) is 0.616. The molecule has 0 aliphatic carbocycles. The third-order valence-corrected chi connectivity index (χ3v) is 4.04. The minimum atomic E-state index is -4.05. The van der Waals surface area contributed by atoms with Crippen molar-refractivity contribution in [3.8, 4) is 0 Å². The smallest absolute Gasteiger partial charge is 0.241 e. The van der Waals surface area contributed by atoms with Crippen molar-refractivity contribution in [3.05, 3.63) is 29.8 Å². The number of carbonyl (C=O) groups excluding carboxylic acids is 2. The van der Waals surface area contributed by atoms with Gasteiger partial charge in [0.05, 0.1) is 16.9 Å². The molecule has 0 bridgehead atoms. The van der Waals surface area contributed by atoms with E-state index in [-0.39, 0.29) is 4.90 Å². The maximum atomic E-state index is 11.9. The first-order valence-corrected chi connectivity index (χ1v) is 7.20. The zero-order valence-electron chi connectivity index (χ0n) is 10.7. The van der Waals surface area contributed by atoms with E-state index in [0.717, 1.165) is 5.56 Å². The lowest BCUT2D eigenvalue weighted by Crippen LogP contribution is -2.48. The number of aliphatic carboxylic acids is 2. The molecule has 0 heterocycles. The number of carboxylic acids is 2. The molecular formula is C12H13NO6S-2. The van der Waals surface area contributed by atoms with Crippen molar-refractivity contribution in [3.63, 3.8) is 0 Å². The third-order valence-electron chi connectivity index (χ3n) is 2.55. The summed E-state index contributed by atoms with van der Waals surface area (Å²) >= 11 is 0. The number of hydrogen-bond donors (Lipinski definition) is 1. The number of sulfonamides is 1. The molecule has 1 rings (SSSR count). The monoisotopic (exact) mass is 299 g/mol. The number of carboxylic acid groups (broad SMARTS) is 2. The second-order valence-corrected chi connectivity index (χ2v) is 5.93. The van der Waals surface area contributed by atoms with Gasteiger partial charge in [0.1, 0.15) is 0 Å². The molecular weight excluding hydrogens is 286 g/mol. The summed E-state index contributed by atoms with van der Waals surface area (Å²) in [6, 6.07) is 4.14. The van der Waals surface area contributed by atoms with Gasteiger partial charge in [0, 0.05) is 5.97 Å². The normalized spacial score (nSPS) is 12.8. The van der Waals surface area contributed by atoms with Gasteiger partial charge in [0.2, 0.25) is 10.0 Å². The molecule has 0 aliphatic heterocycles. The number of carbonyl (C=O) groups is 2. The third kappa shape index (κ3) is 4.63. The van der Waals surface area contributed by atoms with Crippen LogP contribution in [-0.4, -0.2) is 26.4 Å². The average Bonchev–Trinajstić information content (AvgIpc) is 2.34. The van der Waals surface area contributed by atoms with Crippen molar-refractivity contribution in [1.82, 2.24) is 4.72 Å². The lowest BCUT2D eigenvalue weighted by Gasteiger charge is -2.19. The van der Waals surface area contributed by atoms with E-state index in [0.29, 0.717) is 0 Å². The van der Waals surface area contributed by atoms with E-state index in [9.17, 15) is 28.2 Å². The van der Waals surface area contributed by atoms with E-state index in [1.165, 1.54) is 12.1 Å². The molecule has 20 heavy (non-hydrogen) atoms. The largest absolute Gasteiger partial charge is 0.550 e. The molecule has 1 aromatic rings. The summed E-state index contributed by atoms with van der Waals surface area (Å²) in [4.78, 5) is 21.0. The number of rotatable bonds is 7. The van der Waals surface area contributed by atoms with Crippen LogP contribution < -0.4 is 14.9 Å². The van der Waals surface area contributed by atoms with Crippen molar-refractivity contribution in [2.75, 3.05) is 0 Å². The van der Waals surface area contributed by atoms with Crippen LogP contribution >= 0.6 is 0 Å². The van der Waals surface area contributed by atoms with Gasteiger partial charge in [-0.1, -0.05) is 17.7 Å². The predicted octanol–water partition coefficient (Wildman–Crippen LogP) is -2.08. The average molecular weight is 299 g/mol. The first kappa shape index (κ1) is 16.1. The van der Waals surface area contributed by atoms with E-state index in [1.807, 2.05) is 4.72 Å². The zero-order valence-corrected chi connectivity index (χ0v) is 11.5. The van der Waals surface area contributed by atoms with Crippen LogP contribution in [0.5, 0.6) is 0 Å². The lowest BCUT2D eigenvalue weighted by molar-refractivity contribution is -0.309. The Labute approximate surface area is 116 Å². The van der Waals surface area contributed by atoms with Gasteiger partial charge >= 0.3 is 0 Å². The van der Waals surface area contributed by atoms with Gasteiger partial charge in [0.15, 0.2) is 0 Å². The number of nitrogens with one attached hydrogen (secondary N) is 1. The van der Waals surface area contributed by atoms with Crippen LogP contribution in [0.1, 0.15) is 18.4 Å². The number of benzene rings is 1. The molecule has 7 nitrogen and oxygen atoms in total. The van der Waals surface area contributed by atoms with Gasteiger partial charge in [-0.3, -0.25) is 0 Å². The molecule has 0 aliphatic rings. The Morgan fingerprint density at radius 1 is 1.20 bits per heavy atom. The van der Waals surface area contributed by atoms with Crippen LogP contribution in [0.25, 0.3) is 0 Å². The summed E-state index contributed by atoms with van der Waals surface area (Å²) in [5.41, 5.74) is 0.845. The molecule has 0 saturated heterocycles. The first-order valence-electron chi connectivity index (χ1n) is 5.72. The van der Waals surface area contributed by atoms with Crippen molar-refractivity contribution in [2.45, 2.75) is 30.7 Å². The summed E-state index contributed by atoms with van der Waals surface area (Å²) in [5, 5.41) is 21.1. The second-order valence-electron chi connectivity index (χ2n) is 4.22. The molecule has 1 atom stereocenters. The van der Waals surface area contributed by atoms with Crippen LogP contribution in [0.4, 0.5) is 0 Å². The topological polar surface area (TPSA) is 126 Å². The molecule has 0 aromatic heterocycles.